The van der Waals surface area contributed by atoms with Gasteiger partial charge in [-0.25, -0.2) is 9.28 Å². The fraction of sp³-hybridized carbons (Fsp3) is 0.571. The molecule has 0 unspecified atom stereocenters. The maximum absolute atomic E-state index is 11.9. The van der Waals surface area contributed by atoms with E-state index in [-0.39, 0.29) is 12.1 Å². The van der Waals surface area contributed by atoms with Crippen LogP contribution in [0.5, 0.6) is 0 Å². The van der Waals surface area contributed by atoms with Crippen LogP contribution >= 0.6 is 0 Å². The molecule has 5 heteroatoms. The molecular formula is C14H23N4O+. The summed E-state index contributed by atoms with van der Waals surface area (Å²) < 4.78 is 0.322. The van der Waals surface area contributed by atoms with Crippen molar-refractivity contribution >= 4 is 11.7 Å². The predicted octanol–water partition coefficient (Wildman–Crippen LogP) is 1.47. The zero-order valence-corrected chi connectivity index (χ0v) is 12.0. The number of quaternary nitrogens is 1. The van der Waals surface area contributed by atoms with E-state index >= 15 is 0 Å². The average molecular weight is 263 g/mol. The molecule has 1 aliphatic rings. The molecule has 0 saturated carbocycles. The Kier molecular flexibility index (Phi) is 4.04. The van der Waals surface area contributed by atoms with E-state index in [2.05, 4.69) is 21.3 Å². The molecule has 0 aliphatic carbocycles. The Morgan fingerprint density at radius 1 is 1.37 bits per heavy atom. The van der Waals surface area contributed by atoms with Crippen LogP contribution in [-0.2, 0) is 0 Å². The lowest BCUT2D eigenvalue weighted by atomic mass is 10.0. The molecule has 0 aromatic carbocycles. The summed E-state index contributed by atoms with van der Waals surface area (Å²) in [5.41, 5.74) is 1.17. The van der Waals surface area contributed by atoms with Gasteiger partial charge in [-0.15, -0.1) is 0 Å². The molecule has 1 aliphatic heterocycles. The minimum atomic E-state index is 0.0832. The number of hydrogen-bond donors (Lipinski definition) is 1. The minimum Gasteiger partial charge on any atom is -0.370 e. The lowest BCUT2D eigenvalue weighted by molar-refractivity contribution is -0.787. The van der Waals surface area contributed by atoms with Gasteiger partial charge in [0.15, 0.2) is 0 Å². The number of rotatable bonds is 2. The summed E-state index contributed by atoms with van der Waals surface area (Å²) in [6.07, 6.45) is 5.66. The van der Waals surface area contributed by atoms with Crippen LogP contribution in [0.4, 0.5) is 10.5 Å². The maximum atomic E-state index is 11.9. The van der Waals surface area contributed by atoms with Gasteiger partial charge in [0, 0.05) is 25.3 Å². The SMILES string of the molecule is C[N+](C)(C)C(=O)NC1CCN(c2cccnc2)CC1. The van der Waals surface area contributed by atoms with Crippen LogP contribution in [0.15, 0.2) is 24.5 Å². The topological polar surface area (TPSA) is 45.2 Å². The van der Waals surface area contributed by atoms with Crippen molar-refractivity contribution in [2.24, 2.45) is 0 Å². The molecule has 0 atom stereocenters. The summed E-state index contributed by atoms with van der Waals surface area (Å²) >= 11 is 0. The lowest BCUT2D eigenvalue weighted by Crippen LogP contribution is -2.53. The fourth-order valence-electron chi connectivity index (χ4n) is 2.19. The predicted molar refractivity (Wildman–Crippen MR) is 76.0 cm³/mol. The van der Waals surface area contributed by atoms with Gasteiger partial charge in [-0.2, -0.15) is 0 Å². The molecule has 104 valence electrons. The molecule has 1 aromatic heterocycles. The standard InChI is InChI=1S/C14H22N4O/c1-18(2,3)14(19)16-12-6-9-17(10-7-12)13-5-4-8-15-11-13/h4-5,8,11-12H,6-7,9-10H2,1-3H3/p+1. The number of piperidine rings is 1. The van der Waals surface area contributed by atoms with Crippen LogP contribution in [0, 0.1) is 0 Å². The van der Waals surface area contributed by atoms with Gasteiger partial charge < -0.3 is 10.2 Å². The highest BCUT2D eigenvalue weighted by Gasteiger charge is 2.26. The molecule has 5 nitrogen and oxygen atoms in total. The number of aromatic nitrogens is 1. The van der Waals surface area contributed by atoms with Crippen molar-refractivity contribution in [1.82, 2.24) is 10.3 Å². The quantitative estimate of drug-likeness (QED) is 0.822. The summed E-state index contributed by atoms with van der Waals surface area (Å²) in [4.78, 5) is 18.4. The second-order valence-corrected chi connectivity index (χ2v) is 5.93. The first-order chi connectivity index (χ1) is 8.97. The molecule has 1 N–H and O–H groups in total. The van der Waals surface area contributed by atoms with Gasteiger partial charge in [-0.3, -0.25) is 4.98 Å². The van der Waals surface area contributed by atoms with Gasteiger partial charge in [-0.1, -0.05) is 0 Å². The van der Waals surface area contributed by atoms with Gasteiger partial charge in [0.25, 0.3) is 0 Å². The Hall–Kier alpha value is -1.62. The van der Waals surface area contributed by atoms with E-state index in [1.807, 2.05) is 33.4 Å². The number of carbonyl (C=O) groups excluding carboxylic acids is 1. The highest BCUT2D eigenvalue weighted by Crippen LogP contribution is 2.18. The Morgan fingerprint density at radius 3 is 2.58 bits per heavy atom. The van der Waals surface area contributed by atoms with Gasteiger partial charge in [0.05, 0.1) is 33.0 Å². The van der Waals surface area contributed by atoms with Gasteiger partial charge in [0.1, 0.15) is 0 Å². The molecule has 2 heterocycles. The van der Waals surface area contributed by atoms with Crippen molar-refractivity contribution in [2.75, 3.05) is 39.1 Å². The van der Waals surface area contributed by atoms with Crippen LogP contribution in [0.3, 0.4) is 0 Å². The molecule has 0 spiro atoms. The molecule has 19 heavy (non-hydrogen) atoms. The molecule has 0 radical (unpaired) electrons. The number of nitrogens with one attached hydrogen (secondary N) is 1. The summed E-state index contributed by atoms with van der Waals surface area (Å²) in [6, 6.07) is 4.41. The molecule has 2 rings (SSSR count). The third-order valence-corrected chi connectivity index (χ3v) is 3.44. The van der Waals surface area contributed by atoms with Crippen molar-refractivity contribution in [2.45, 2.75) is 18.9 Å². The molecule has 1 aromatic rings. The van der Waals surface area contributed by atoms with E-state index in [1.165, 1.54) is 5.69 Å². The highest BCUT2D eigenvalue weighted by atomic mass is 16.2. The molecule has 2 amide bonds. The van der Waals surface area contributed by atoms with E-state index in [9.17, 15) is 4.79 Å². The van der Waals surface area contributed by atoms with Crippen molar-refractivity contribution in [3.05, 3.63) is 24.5 Å². The highest BCUT2D eigenvalue weighted by molar-refractivity contribution is 5.66. The third-order valence-electron chi connectivity index (χ3n) is 3.44. The molecule has 1 saturated heterocycles. The van der Waals surface area contributed by atoms with Gasteiger partial charge in [0.2, 0.25) is 0 Å². The summed E-state index contributed by atoms with van der Waals surface area (Å²) in [5, 5.41) is 3.12. The normalized spacial score (nSPS) is 17.3. The van der Waals surface area contributed by atoms with Crippen molar-refractivity contribution in [1.29, 1.82) is 0 Å². The Bertz CT molecular complexity index is 419. The number of pyridine rings is 1. The average Bonchev–Trinajstić information content (AvgIpc) is 2.39. The number of carbonyl (C=O) groups is 1. The number of hydrogen-bond acceptors (Lipinski definition) is 3. The van der Waals surface area contributed by atoms with Crippen LogP contribution < -0.4 is 10.2 Å². The Balaban J connectivity index is 1.85. The first-order valence-corrected chi connectivity index (χ1v) is 6.74. The number of urea groups is 1. The first kappa shape index (κ1) is 13.8. The number of anilines is 1. The van der Waals surface area contributed by atoms with E-state index in [1.54, 1.807) is 6.20 Å². The van der Waals surface area contributed by atoms with Crippen LogP contribution in [0.25, 0.3) is 0 Å². The Morgan fingerprint density at radius 2 is 2.05 bits per heavy atom. The summed E-state index contributed by atoms with van der Waals surface area (Å²) in [7, 11) is 5.67. The smallest absolute Gasteiger partial charge is 0.370 e. The fourth-order valence-corrected chi connectivity index (χ4v) is 2.19. The lowest BCUT2D eigenvalue weighted by Gasteiger charge is -2.34. The number of amides is 2. The largest absolute Gasteiger partial charge is 0.416 e. The summed E-state index contributed by atoms with van der Waals surface area (Å²) in [5.74, 6) is 0. The van der Waals surface area contributed by atoms with E-state index in [0.29, 0.717) is 4.48 Å². The van der Waals surface area contributed by atoms with Crippen molar-refractivity contribution in [3.8, 4) is 0 Å². The summed E-state index contributed by atoms with van der Waals surface area (Å²) in [6.45, 7) is 1.93. The minimum absolute atomic E-state index is 0.0832. The third kappa shape index (κ3) is 3.67. The Labute approximate surface area is 114 Å². The monoisotopic (exact) mass is 263 g/mol. The van der Waals surface area contributed by atoms with Gasteiger partial charge in [-0.05, 0) is 25.0 Å². The van der Waals surface area contributed by atoms with Crippen LogP contribution in [0.2, 0.25) is 0 Å². The zero-order valence-electron chi connectivity index (χ0n) is 12.0. The van der Waals surface area contributed by atoms with Crippen LogP contribution in [0.1, 0.15) is 12.8 Å². The van der Waals surface area contributed by atoms with Crippen molar-refractivity contribution in [3.63, 3.8) is 0 Å². The van der Waals surface area contributed by atoms with Crippen LogP contribution in [-0.4, -0.2) is 55.8 Å². The van der Waals surface area contributed by atoms with Gasteiger partial charge >= 0.3 is 6.03 Å². The van der Waals surface area contributed by atoms with Crippen molar-refractivity contribution < 1.29 is 9.28 Å². The van der Waals surface area contributed by atoms with E-state index in [0.717, 1.165) is 25.9 Å². The van der Waals surface area contributed by atoms with E-state index < -0.39 is 0 Å². The zero-order chi connectivity index (χ0) is 13.9. The second kappa shape index (κ2) is 5.57. The molecule has 1 fully saturated rings. The van der Waals surface area contributed by atoms with E-state index in [4.69, 9.17) is 0 Å². The second-order valence-electron chi connectivity index (χ2n) is 5.93. The molecule has 0 bridgehead atoms. The molecular weight excluding hydrogens is 240 g/mol. The number of nitrogens with zero attached hydrogens (tertiary/aromatic N) is 3. The first-order valence-electron chi connectivity index (χ1n) is 6.74. The maximum Gasteiger partial charge on any atom is 0.416 e.